The highest BCUT2D eigenvalue weighted by Crippen LogP contribution is 2.48. The zero-order chi connectivity index (χ0) is 7.84. The molecule has 2 aliphatic rings. The van der Waals surface area contributed by atoms with E-state index in [0.717, 1.165) is 24.4 Å². The molecule has 0 aromatic heterocycles. The Hall–Kier alpha value is -0.0800. The van der Waals surface area contributed by atoms with Crippen molar-refractivity contribution in [3.05, 3.63) is 0 Å². The normalized spacial score (nSPS) is 41.2. The van der Waals surface area contributed by atoms with Gasteiger partial charge in [0.25, 0.3) is 0 Å². The van der Waals surface area contributed by atoms with Gasteiger partial charge >= 0.3 is 0 Å². The topological polar surface area (TPSA) is 21.3 Å². The average molecular weight is 155 g/mol. The Morgan fingerprint density at radius 1 is 1.36 bits per heavy atom. The fourth-order valence-electron chi connectivity index (χ4n) is 2.10. The van der Waals surface area contributed by atoms with E-state index in [2.05, 4.69) is 19.2 Å². The molecule has 2 heteroatoms. The molecule has 1 saturated carbocycles. The summed E-state index contributed by atoms with van der Waals surface area (Å²) in [5.41, 5.74) is 0. The molecule has 2 fully saturated rings. The van der Waals surface area contributed by atoms with Crippen molar-refractivity contribution in [2.45, 2.75) is 20.0 Å². The third-order valence-corrected chi connectivity index (χ3v) is 2.89. The molecule has 2 rings (SSSR count). The summed E-state index contributed by atoms with van der Waals surface area (Å²) in [5, 5.41) is 3.38. The molecule has 0 spiro atoms. The highest BCUT2D eigenvalue weighted by atomic mass is 16.5. The van der Waals surface area contributed by atoms with Crippen molar-refractivity contribution < 1.29 is 4.74 Å². The first-order valence-corrected chi connectivity index (χ1v) is 4.61. The first-order chi connectivity index (χ1) is 5.29. The quantitative estimate of drug-likeness (QED) is 0.653. The van der Waals surface area contributed by atoms with Gasteiger partial charge in [-0.25, -0.2) is 0 Å². The first-order valence-electron chi connectivity index (χ1n) is 4.61. The summed E-state index contributed by atoms with van der Waals surface area (Å²) in [6, 6.07) is 0. The average Bonchev–Trinajstić information content (AvgIpc) is 2.44. The standard InChI is InChI=1S/C9H17NO/c1-6(2)11-5-9-7-3-10-4-8(7)9/h6-10H,3-5H2,1-2H3. The van der Waals surface area contributed by atoms with Crippen molar-refractivity contribution in [2.75, 3.05) is 19.7 Å². The highest BCUT2D eigenvalue weighted by Gasteiger charge is 2.52. The maximum Gasteiger partial charge on any atom is 0.0519 e. The summed E-state index contributed by atoms with van der Waals surface area (Å²) < 4.78 is 5.57. The van der Waals surface area contributed by atoms with Crippen LogP contribution in [0.3, 0.4) is 0 Å². The van der Waals surface area contributed by atoms with Crippen LogP contribution in [-0.4, -0.2) is 25.8 Å². The Kier molecular flexibility index (Phi) is 1.90. The third kappa shape index (κ3) is 1.42. The van der Waals surface area contributed by atoms with Crippen LogP contribution in [0.2, 0.25) is 0 Å². The van der Waals surface area contributed by atoms with Crippen LogP contribution in [0.25, 0.3) is 0 Å². The molecule has 1 heterocycles. The van der Waals surface area contributed by atoms with Crippen LogP contribution in [0.1, 0.15) is 13.8 Å². The second-order valence-corrected chi connectivity index (χ2v) is 4.03. The van der Waals surface area contributed by atoms with E-state index in [0.29, 0.717) is 6.10 Å². The Morgan fingerprint density at radius 2 is 2.00 bits per heavy atom. The maximum absolute atomic E-state index is 5.57. The number of piperidine rings is 1. The maximum atomic E-state index is 5.57. The van der Waals surface area contributed by atoms with Gasteiger partial charge in [0.05, 0.1) is 12.7 Å². The largest absolute Gasteiger partial charge is 0.378 e. The smallest absolute Gasteiger partial charge is 0.0519 e. The molecule has 1 saturated heterocycles. The summed E-state index contributed by atoms with van der Waals surface area (Å²) in [7, 11) is 0. The molecule has 0 aromatic carbocycles. The monoisotopic (exact) mass is 155 g/mol. The van der Waals surface area contributed by atoms with E-state index in [1.807, 2.05) is 0 Å². The van der Waals surface area contributed by atoms with Gasteiger partial charge < -0.3 is 10.1 Å². The number of hydrogen-bond acceptors (Lipinski definition) is 2. The molecule has 1 aliphatic carbocycles. The lowest BCUT2D eigenvalue weighted by molar-refractivity contribution is 0.0647. The van der Waals surface area contributed by atoms with Gasteiger partial charge in [0.1, 0.15) is 0 Å². The Bertz CT molecular complexity index is 136. The second-order valence-electron chi connectivity index (χ2n) is 4.03. The Balaban J connectivity index is 1.67. The predicted octanol–water partition coefficient (Wildman–Crippen LogP) is 0.877. The molecule has 2 unspecified atom stereocenters. The molecular formula is C9H17NO. The molecule has 0 amide bonds. The summed E-state index contributed by atoms with van der Waals surface area (Å²) in [6.45, 7) is 7.68. The molecule has 64 valence electrons. The molecule has 0 bridgehead atoms. The minimum Gasteiger partial charge on any atom is -0.378 e. The number of hydrogen-bond donors (Lipinski definition) is 1. The molecule has 1 N–H and O–H groups in total. The predicted molar refractivity (Wildman–Crippen MR) is 44.4 cm³/mol. The molecule has 11 heavy (non-hydrogen) atoms. The molecule has 0 aromatic rings. The van der Waals surface area contributed by atoms with Gasteiger partial charge in [0.15, 0.2) is 0 Å². The van der Waals surface area contributed by atoms with Gasteiger partial charge in [-0.3, -0.25) is 0 Å². The fraction of sp³-hybridized carbons (Fsp3) is 1.00. The number of nitrogens with one attached hydrogen (secondary N) is 1. The van der Waals surface area contributed by atoms with Crippen molar-refractivity contribution in [1.29, 1.82) is 0 Å². The lowest BCUT2D eigenvalue weighted by Gasteiger charge is -2.08. The van der Waals surface area contributed by atoms with E-state index in [4.69, 9.17) is 4.74 Å². The molecule has 2 atom stereocenters. The van der Waals surface area contributed by atoms with Crippen LogP contribution in [0.4, 0.5) is 0 Å². The summed E-state index contributed by atoms with van der Waals surface area (Å²) in [5.74, 6) is 2.79. The highest BCUT2D eigenvalue weighted by molar-refractivity contribution is 5.03. The van der Waals surface area contributed by atoms with Crippen molar-refractivity contribution >= 4 is 0 Å². The van der Waals surface area contributed by atoms with Crippen LogP contribution in [0, 0.1) is 17.8 Å². The first kappa shape index (κ1) is 7.56. The summed E-state index contributed by atoms with van der Waals surface area (Å²) >= 11 is 0. The number of rotatable bonds is 3. The molecule has 0 radical (unpaired) electrons. The van der Waals surface area contributed by atoms with Crippen molar-refractivity contribution in [1.82, 2.24) is 5.32 Å². The summed E-state index contributed by atoms with van der Waals surface area (Å²) in [6.07, 6.45) is 0.407. The van der Waals surface area contributed by atoms with Gasteiger partial charge in [0.2, 0.25) is 0 Å². The lowest BCUT2D eigenvalue weighted by Crippen LogP contribution is -2.18. The van der Waals surface area contributed by atoms with Gasteiger partial charge in [0, 0.05) is 0 Å². The van der Waals surface area contributed by atoms with Gasteiger partial charge in [-0.1, -0.05) is 0 Å². The second kappa shape index (κ2) is 2.76. The third-order valence-electron chi connectivity index (χ3n) is 2.89. The van der Waals surface area contributed by atoms with Gasteiger partial charge in [-0.05, 0) is 44.7 Å². The van der Waals surface area contributed by atoms with Gasteiger partial charge in [-0.2, -0.15) is 0 Å². The number of fused-ring (bicyclic) bond motifs is 1. The van der Waals surface area contributed by atoms with E-state index in [1.165, 1.54) is 13.1 Å². The van der Waals surface area contributed by atoms with Crippen LogP contribution in [-0.2, 0) is 4.74 Å². The zero-order valence-electron chi connectivity index (χ0n) is 7.34. The van der Waals surface area contributed by atoms with E-state index < -0.39 is 0 Å². The lowest BCUT2D eigenvalue weighted by atomic mass is 10.3. The summed E-state index contributed by atoms with van der Waals surface area (Å²) in [4.78, 5) is 0. The number of ether oxygens (including phenoxy) is 1. The Labute approximate surface area is 68.3 Å². The fourth-order valence-corrected chi connectivity index (χ4v) is 2.10. The van der Waals surface area contributed by atoms with Crippen LogP contribution >= 0.6 is 0 Å². The van der Waals surface area contributed by atoms with Gasteiger partial charge in [-0.15, -0.1) is 0 Å². The van der Waals surface area contributed by atoms with Crippen molar-refractivity contribution in [3.63, 3.8) is 0 Å². The van der Waals surface area contributed by atoms with E-state index in [-0.39, 0.29) is 0 Å². The van der Waals surface area contributed by atoms with E-state index in [9.17, 15) is 0 Å². The van der Waals surface area contributed by atoms with Crippen molar-refractivity contribution in [2.24, 2.45) is 17.8 Å². The molecule has 2 nitrogen and oxygen atoms in total. The van der Waals surface area contributed by atoms with Crippen LogP contribution in [0.15, 0.2) is 0 Å². The van der Waals surface area contributed by atoms with Crippen LogP contribution < -0.4 is 5.32 Å². The SMILES string of the molecule is CC(C)OCC1C2CNCC21. The van der Waals surface area contributed by atoms with E-state index in [1.54, 1.807) is 0 Å². The minimum atomic E-state index is 0.407. The van der Waals surface area contributed by atoms with Crippen molar-refractivity contribution in [3.8, 4) is 0 Å². The molecule has 1 aliphatic heterocycles. The minimum absolute atomic E-state index is 0.407. The molecular weight excluding hydrogens is 138 g/mol. The van der Waals surface area contributed by atoms with Crippen LogP contribution in [0.5, 0.6) is 0 Å². The van der Waals surface area contributed by atoms with E-state index >= 15 is 0 Å². The Morgan fingerprint density at radius 3 is 2.55 bits per heavy atom. The zero-order valence-corrected chi connectivity index (χ0v) is 7.34.